The molecule has 1 aromatic carbocycles. The van der Waals surface area contributed by atoms with E-state index >= 15 is 0 Å². The summed E-state index contributed by atoms with van der Waals surface area (Å²) >= 11 is 0. The number of aromatic nitrogens is 1. The average molecular weight is 565 g/mol. The number of phenolic OH excluding ortho intramolecular Hbond substituents is 1. The molecule has 0 aliphatic heterocycles. The molecule has 0 bridgehead atoms. The van der Waals surface area contributed by atoms with Crippen LogP contribution in [0.4, 0.5) is 5.69 Å². The van der Waals surface area contributed by atoms with Gasteiger partial charge in [-0.3, -0.25) is 19.3 Å². The first-order valence-electron chi connectivity index (χ1n) is 13.0. The summed E-state index contributed by atoms with van der Waals surface area (Å²) in [6.45, 7) is 0. The van der Waals surface area contributed by atoms with Gasteiger partial charge in [-0.2, -0.15) is 0 Å². The number of aliphatic hydroxyl groups excluding tert-OH is 2. The molecular weight excluding hydrogens is 532 g/mol. The summed E-state index contributed by atoms with van der Waals surface area (Å²) < 4.78 is 5.12. The van der Waals surface area contributed by atoms with Crippen molar-refractivity contribution < 1.29 is 39.5 Å². The normalized spacial score (nSPS) is 25.6. The minimum absolute atomic E-state index is 0.0123. The number of hydrogen-bond donors (Lipinski definition) is 5. The second-order valence-electron chi connectivity index (χ2n) is 11.1. The number of aromatic hydroxyl groups is 1. The Hall–Kier alpha value is -4.42. The molecule has 6 N–H and O–H groups in total. The molecular formula is C29H32N4O8. The molecule has 2 aromatic rings. The summed E-state index contributed by atoms with van der Waals surface area (Å²) in [6.07, 6.45) is 1.71. The lowest BCUT2D eigenvalue weighted by atomic mass is 9.57. The van der Waals surface area contributed by atoms with Crippen LogP contribution in [0, 0.1) is 11.8 Å². The molecule has 1 fully saturated rings. The summed E-state index contributed by atoms with van der Waals surface area (Å²) in [5, 5.41) is 45.9. The van der Waals surface area contributed by atoms with Crippen LogP contribution < -0.4 is 15.4 Å². The molecule has 3 aliphatic rings. The standard InChI is InChI=1S/C29H32N4O8/c1-32(2)17-10-14(12-6-7-18(41-5)31-11-12)23(34)20-15(17)8-13-9-16-22(33(3)4)25(36)21(28(30)39)27(38)29(16,40)26(37)19(13)24(20)35/h6-7,10-11,13,16,22,34-35,38,40H,8-9H2,1-5H3,(H2,30,39)/t13-,16-,22-,29-/m1/s1. The number of anilines is 1. The first kappa shape index (κ1) is 28.1. The fourth-order valence-electron chi connectivity index (χ4n) is 6.57. The van der Waals surface area contributed by atoms with Gasteiger partial charge in [-0.25, -0.2) is 4.98 Å². The fourth-order valence-corrected chi connectivity index (χ4v) is 6.57. The molecule has 216 valence electrons. The van der Waals surface area contributed by atoms with Gasteiger partial charge >= 0.3 is 0 Å². The quantitative estimate of drug-likeness (QED) is 0.327. The first-order chi connectivity index (χ1) is 19.2. The third-order valence-electron chi connectivity index (χ3n) is 8.44. The number of nitrogens with two attached hydrogens (primary N) is 1. The molecule has 0 saturated heterocycles. The topological polar surface area (TPSA) is 187 Å². The number of carbonyl (C=O) groups is 3. The number of rotatable bonds is 5. The Kier molecular flexibility index (Phi) is 6.58. The first-order valence-corrected chi connectivity index (χ1v) is 13.0. The van der Waals surface area contributed by atoms with Crippen LogP contribution in [0.3, 0.4) is 0 Å². The van der Waals surface area contributed by atoms with Gasteiger partial charge in [0.2, 0.25) is 11.7 Å². The van der Waals surface area contributed by atoms with Crippen molar-refractivity contribution in [1.82, 2.24) is 9.88 Å². The maximum absolute atomic E-state index is 14.1. The van der Waals surface area contributed by atoms with E-state index < -0.39 is 58.0 Å². The van der Waals surface area contributed by atoms with E-state index in [1.165, 1.54) is 18.2 Å². The molecule has 4 atom stereocenters. The van der Waals surface area contributed by atoms with Crippen LogP contribution >= 0.6 is 0 Å². The van der Waals surface area contributed by atoms with Gasteiger partial charge in [0, 0.05) is 54.7 Å². The maximum Gasteiger partial charge on any atom is 0.255 e. The Morgan fingerprint density at radius 1 is 1.15 bits per heavy atom. The van der Waals surface area contributed by atoms with Crippen molar-refractivity contribution in [3.8, 4) is 22.8 Å². The van der Waals surface area contributed by atoms with E-state index in [0.29, 0.717) is 28.3 Å². The summed E-state index contributed by atoms with van der Waals surface area (Å²) in [7, 11) is 8.21. The number of methoxy groups -OCH3 is 1. The Morgan fingerprint density at radius 3 is 2.37 bits per heavy atom. The minimum atomic E-state index is -2.69. The van der Waals surface area contributed by atoms with E-state index in [1.54, 1.807) is 46.4 Å². The Balaban J connectivity index is 1.76. The number of ketones is 2. The summed E-state index contributed by atoms with van der Waals surface area (Å²) in [5.74, 6) is -6.53. The zero-order valence-corrected chi connectivity index (χ0v) is 23.3. The van der Waals surface area contributed by atoms with Crippen LogP contribution in [0.15, 0.2) is 41.3 Å². The summed E-state index contributed by atoms with van der Waals surface area (Å²) in [5.41, 5.74) is 3.75. The number of nitrogens with zero attached hydrogens (tertiary/aromatic N) is 3. The van der Waals surface area contributed by atoms with Crippen molar-refractivity contribution in [1.29, 1.82) is 0 Å². The van der Waals surface area contributed by atoms with E-state index in [9.17, 15) is 34.8 Å². The predicted octanol–water partition coefficient (Wildman–Crippen LogP) is 1.10. The third-order valence-corrected chi connectivity index (χ3v) is 8.44. The zero-order valence-electron chi connectivity index (χ0n) is 23.3. The van der Waals surface area contributed by atoms with Gasteiger partial charge in [0.1, 0.15) is 22.8 Å². The van der Waals surface area contributed by atoms with Crippen LogP contribution in [0.25, 0.3) is 16.9 Å². The number of benzene rings is 1. The lowest BCUT2D eigenvalue weighted by molar-refractivity contribution is -0.153. The van der Waals surface area contributed by atoms with Crippen molar-refractivity contribution >= 4 is 28.9 Å². The lowest BCUT2D eigenvalue weighted by Gasteiger charge is -2.50. The monoisotopic (exact) mass is 564 g/mol. The molecule has 0 radical (unpaired) electrons. The summed E-state index contributed by atoms with van der Waals surface area (Å²) in [6, 6.07) is 3.93. The Labute approximate surface area is 236 Å². The predicted molar refractivity (Wildman–Crippen MR) is 148 cm³/mol. The zero-order chi connectivity index (χ0) is 30.1. The molecule has 1 saturated carbocycles. The van der Waals surface area contributed by atoms with Crippen LogP contribution in [-0.2, 0) is 20.8 Å². The fraction of sp³-hybridized carbons (Fsp3) is 0.379. The van der Waals surface area contributed by atoms with E-state index in [0.717, 1.165) is 0 Å². The van der Waals surface area contributed by atoms with Crippen LogP contribution in [0.1, 0.15) is 17.5 Å². The largest absolute Gasteiger partial charge is 0.508 e. The highest BCUT2D eigenvalue weighted by molar-refractivity contribution is 6.24. The van der Waals surface area contributed by atoms with Crippen LogP contribution in [0.5, 0.6) is 11.6 Å². The molecule has 5 rings (SSSR count). The molecule has 3 aliphatic carbocycles. The SMILES string of the molecule is COc1ccc(-c2cc(N(C)C)c3c(c2O)C(O)=C2C(=O)[C@@]4(O)C(O)=C(C(N)=O)C(=O)[C@H](N(C)C)[C@H]4C[C@H]2C3)cn1. The van der Waals surface area contributed by atoms with E-state index in [-0.39, 0.29) is 29.7 Å². The van der Waals surface area contributed by atoms with Gasteiger partial charge in [-0.1, -0.05) is 0 Å². The van der Waals surface area contributed by atoms with Crippen LogP contribution in [0.2, 0.25) is 0 Å². The number of Topliss-reactive ketones (excluding diaryl/α,β-unsaturated/α-hetero) is 2. The van der Waals surface area contributed by atoms with Crippen molar-refractivity contribution in [2.45, 2.75) is 24.5 Å². The number of ether oxygens (including phenoxy) is 1. The molecule has 12 nitrogen and oxygen atoms in total. The van der Waals surface area contributed by atoms with Gasteiger partial charge in [0.15, 0.2) is 11.4 Å². The highest BCUT2D eigenvalue weighted by atomic mass is 16.5. The number of likely N-dealkylation sites (N-methyl/N-ethyl adjacent to an activating group) is 1. The summed E-state index contributed by atoms with van der Waals surface area (Å²) in [4.78, 5) is 47.0. The van der Waals surface area contributed by atoms with Gasteiger partial charge in [0.25, 0.3) is 5.91 Å². The highest BCUT2D eigenvalue weighted by Crippen LogP contribution is 2.54. The molecule has 41 heavy (non-hydrogen) atoms. The van der Waals surface area contributed by atoms with Crippen molar-refractivity contribution in [3.63, 3.8) is 0 Å². The van der Waals surface area contributed by atoms with Crippen molar-refractivity contribution in [2.75, 3.05) is 40.2 Å². The smallest absolute Gasteiger partial charge is 0.255 e. The van der Waals surface area contributed by atoms with Crippen LogP contribution in [-0.4, -0.2) is 94.7 Å². The molecule has 1 amide bonds. The van der Waals surface area contributed by atoms with Crippen molar-refractivity contribution in [2.24, 2.45) is 17.6 Å². The minimum Gasteiger partial charge on any atom is -0.508 e. The number of phenols is 1. The second kappa shape index (κ2) is 9.60. The van der Waals surface area contributed by atoms with Gasteiger partial charge in [0.05, 0.1) is 18.7 Å². The molecule has 0 spiro atoms. The number of aliphatic hydroxyl groups is 3. The van der Waals surface area contributed by atoms with Gasteiger partial charge < -0.3 is 35.8 Å². The maximum atomic E-state index is 14.1. The molecule has 1 aromatic heterocycles. The van der Waals surface area contributed by atoms with E-state index in [1.807, 2.05) is 4.90 Å². The number of pyridine rings is 1. The number of primary amides is 1. The lowest BCUT2D eigenvalue weighted by Crippen LogP contribution is -2.65. The van der Waals surface area contributed by atoms with Gasteiger partial charge in [-0.05, 0) is 50.6 Å². The van der Waals surface area contributed by atoms with Crippen molar-refractivity contribution in [3.05, 3.63) is 52.4 Å². The average Bonchev–Trinajstić information content (AvgIpc) is 2.90. The number of hydrogen-bond acceptors (Lipinski definition) is 11. The number of carbonyl (C=O) groups excluding carboxylic acids is 3. The Bertz CT molecular complexity index is 1560. The van der Waals surface area contributed by atoms with E-state index in [2.05, 4.69) is 4.98 Å². The number of amides is 1. The van der Waals surface area contributed by atoms with E-state index in [4.69, 9.17) is 10.5 Å². The number of fused-ring (bicyclic) bond motifs is 3. The Morgan fingerprint density at radius 2 is 1.83 bits per heavy atom. The van der Waals surface area contributed by atoms with Gasteiger partial charge in [-0.15, -0.1) is 0 Å². The second-order valence-corrected chi connectivity index (χ2v) is 11.1. The third kappa shape index (κ3) is 3.89. The molecule has 1 heterocycles. The highest BCUT2D eigenvalue weighted by Gasteiger charge is 2.64. The molecule has 12 heteroatoms. The molecule has 0 unspecified atom stereocenters.